The van der Waals surface area contributed by atoms with Crippen LogP contribution in [0.5, 0.6) is 0 Å². The van der Waals surface area contributed by atoms with Gasteiger partial charge in [-0.2, -0.15) is 0 Å². The predicted octanol–water partition coefficient (Wildman–Crippen LogP) is 1.28. The average molecular weight is 280 g/mol. The van der Waals surface area contributed by atoms with Crippen molar-refractivity contribution in [3.8, 4) is 0 Å². The van der Waals surface area contributed by atoms with E-state index in [2.05, 4.69) is 4.74 Å². The van der Waals surface area contributed by atoms with Gasteiger partial charge in [-0.1, -0.05) is 6.07 Å². The minimum atomic E-state index is -0.660. The predicted molar refractivity (Wildman–Crippen MR) is 71.8 cm³/mol. The van der Waals surface area contributed by atoms with Gasteiger partial charge in [-0.3, -0.25) is 10.1 Å². The van der Waals surface area contributed by atoms with Gasteiger partial charge >= 0.3 is 5.97 Å². The third kappa shape index (κ3) is 2.88. The van der Waals surface area contributed by atoms with Crippen molar-refractivity contribution in [2.24, 2.45) is 0 Å². The molecule has 1 heterocycles. The van der Waals surface area contributed by atoms with Crippen molar-refractivity contribution in [3.05, 3.63) is 33.9 Å². The molecule has 1 unspecified atom stereocenters. The van der Waals surface area contributed by atoms with E-state index >= 15 is 0 Å². The summed E-state index contributed by atoms with van der Waals surface area (Å²) < 4.78 is 10.0. The minimum Gasteiger partial charge on any atom is -0.467 e. The highest BCUT2D eigenvalue weighted by Crippen LogP contribution is 2.27. The lowest BCUT2D eigenvalue weighted by molar-refractivity contribution is -0.384. The van der Waals surface area contributed by atoms with Crippen LogP contribution < -0.4 is 4.90 Å². The van der Waals surface area contributed by atoms with Crippen molar-refractivity contribution in [2.45, 2.75) is 13.0 Å². The second-order valence-corrected chi connectivity index (χ2v) is 4.56. The number of non-ortho nitro benzene ring substituents is 1. The van der Waals surface area contributed by atoms with E-state index in [1.165, 1.54) is 19.2 Å². The third-order valence-corrected chi connectivity index (χ3v) is 3.27. The molecule has 1 aromatic carbocycles. The van der Waals surface area contributed by atoms with Crippen LogP contribution in [-0.4, -0.2) is 43.8 Å². The van der Waals surface area contributed by atoms with Crippen molar-refractivity contribution >= 4 is 17.3 Å². The zero-order valence-electron chi connectivity index (χ0n) is 11.4. The summed E-state index contributed by atoms with van der Waals surface area (Å²) in [6.45, 7) is 3.16. The van der Waals surface area contributed by atoms with Gasteiger partial charge in [0.25, 0.3) is 5.69 Å². The lowest BCUT2D eigenvalue weighted by atomic mass is 10.1. The van der Waals surface area contributed by atoms with Gasteiger partial charge < -0.3 is 14.4 Å². The molecule has 1 fully saturated rings. The van der Waals surface area contributed by atoms with Crippen LogP contribution in [0.1, 0.15) is 5.56 Å². The van der Waals surface area contributed by atoms with Crippen LogP contribution in [0.3, 0.4) is 0 Å². The smallest absolute Gasteiger partial charge is 0.336 e. The highest BCUT2D eigenvalue weighted by molar-refractivity contribution is 5.76. The topological polar surface area (TPSA) is 81.9 Å². The Morgan fingerprint density at radius 1 is 1.55 bits per heavy atom. The van der Waals surface area contributed by atoms with E-state index in [1.54, 1.807) is 6.07 Å². The maximum Gasteiger partial charge on any atom is 0.336 e. The summed E-state index contributed by atoms with van der Waals surface area (Å²) in [5.74, 6) is -0.433. The lowest BCUT2D eigenvalue weighted by Crippen LogP contribution is -2.46. The van der Waals surface area contributed by atoms with Crippen molar-refractivity contribution < 1.29 is 19.2 Å². The number of hydrogen-bond donors (Lipinski definition) is 0. The maximum atomic E-state index is 11.5. The molecule has 7 nitrogen and oxygen atoms in total. The first-order valence-electron chi connectivity index (χ1n) is 6.22. The van der Waals surface area contributed by atoms with E-state index in [1.807, 2.05) is 11.8 Å². The number of morpholine rings is 1. The van der Waals surface area contributed by atoms with Crippen LogP contribution in [0.4, 0.5) is 11.4 Å². The summed E-state index contributed by atoms with van der Waals surface area (Å²) >= 11 is 0. The van der Waals surface area contributed by atoms with Crippen LogP contribution in [0.15, 0.2) is 18.2 Å². The fourth-order valence-electron chi connectivity index (χ4n) is 2.19. The minimum absolute atomic E-state index is 0.0340. The first-order chi connectivity index (χ1) is 9.52. The molecule has 0 radical (unpaired) electrons. The van der Waals surface area contributed by atoms with Gasteiger partial charge in [0.1, 0.15) is 0 Å². The third-order valence-electron chi connectivity index (χ3n) is 3.27. The molecule has 108 valence electrons. The van der Waals surface area contributed by atoms with E-state index in [0.717, 1.165) is 11.3 Å². The molecular weight excluding hydrogens is 264 g/mol. The Labute approximate surface area is 116 Å². The van der Waals surface area contributed by atoms with Gasteiger partial charge in [-0.15, -0.1) is 0 Å². The zero-order valence-corrected chi connectivity index (χ0v) is 11.4. The highest BCUT2D eigenvalue weighted by atomic mass is 16.6. The Morgan fingerprint density at radius 2 is 2.30 bits per heavy atom. The van der Waals surface area contributed by atoms with Gasteiger partial charge in [0, 0.05) is 24.4 Å². The Morgan fingerprint density at radius 3 is 2.95 bits per heavy atom. The number of aryl methyl sites for hydroxylation is 1. The molecular formula is C13H16N2O5. The number of nitrogens with zero attached hydrogens (tertiary/aromatic N) is 2. The largest absolute Gasteiger partial charge is 0.467 e. The summed E-state index contributed by atoms with van der Waals surface area (Å²) in [5.41, 5.74) is 1.70. The summed E-state index contributed by atoms with van der Waals surface area (Å²) in [4.78, 5) is 23.9. The van der Waals surface area contributed by atoms with Gasteiger partial charge in [0.05, 0.1) is 25.2 Å². The molecule has 0 aromatic heterocycles. The number of carbonyl (C=O) groups is 1. The van der Waals surface area contributed by atoms with Crippen LogP contribution in [-0.2, 0) is 14.3 Å². The number of carbonyl (C=O) groups excluding carboxylic acids is 1. The van der Waals surface area contributed by atoms with Crippen LogP contribution in [0.25, 0.3) is 0 Å². The molecule has 0 saturated carbocycles. The average Bonchev–Trinajstić information content (AvgIpc) is 2.46. The summed E-state index contributed by atoms with van der Waals surface area (Å²) in [6, 6.07) is 4.70. The number of anilines is 1. The molecule has 0 amide bonds. The molecule has 1 aromatic rings. The second-order valence-electron chi connectivity index (χ2n) is 4.56. The number of methoxy groups -OCH3 is 1. The Balaban J connectivity index is 2.24. The maximum absolute atomic E-state index is 11.5. The van der Waals surface area contributed by atoms with Gasteiger partial charge in [-0.05, 0) is 12.5 Å². The molecule has 1 atom stereocenters. The van der Waals surface area contributed by atoms with E-state index in [9.17, 15) is 14.9 Å². The van der Waals surface area contributed by atoms with Crippen molar-refractivity contribution in [2.75, 3.05) is 31.7 Å². The van der Waals surface area contributed by atoms with E-state index in [-0.39, 0.29) is 5.69 Å². The van der Waals surface area contributed by atoms with Gasteiger partial charge in [0.15, 0.2) is 6.10 Å². The molecule has 0 aliphatic carbocycles. The van der Waals surface area contributed by atoms with Gasteiger partial charge in [0.2, 0.25) is 0 Å². The van der Waals surface area contributed by atoms with Crippen LogP contribution >= 0.6 is 0 Å². The zero-order chi connectivity index (χ0) is 14.7. The molecule has 0 bridgehead atoms. The van der Waals surface area contributed by atoms with E-state index in [4.69, 9.17) is 4.74 Å². The normalized spacial score (nSPS) is 18.7. The summed E-state index contributed by atoms with van der Waals surface area (Å²) in [7, 11) is 1.31. The number of hydrogen-bond acceptors (Lipinski definition) is 6. The van der Waals surface area contributed by atoms with E-state index < -0.39 is 17.0 Å². The molecule has 1 aliphatic rings. The number of nitro groups is 1. The number of esters is 1. The van der Waals surface area contributed by atoms with Crippen LogP contribution in [0, 0.1) is 17.0 Å². The van der Waals surface area contributed by atoms with Gasteiger partial charge in [-0.25, -0.2) is 4.79 Å². The first-order valence-corrected chi connectivity index (χ1v) is 6.22. The Bertz CT molecular complexity index is 531. The number of nitro benzene ring substituents is 1. The summed E-state index contributed by atoms with van der Waals surface area (Å²) in [6.07, 6.45) is -0.660. The first kappa shape index (κ1) is 14.3. The molecule has 0 N–H and O–H groups in total. The SMILES string of the molecule is COC(=O)C1CN(c2cc([N+](=O)[O-])ccc2C)CCO1. The Kier molecular flexibility index (Phi) is 4.19. The fraction of sp³-hybridized carbons (Fsp3) is 0.462. The van der Waals surface area contributed by atoms with Crippen molar-refractivity contribution in [3.63, 3.8) is 0 Å². The quantitative estimate of drug-likeness (QED) is 0.471. The highest BCUT2D eigenvalue weighted by Gasteiger charge is 2.28. The Hall–Kier alpha value is -2.15. The number of ether oxygens (including phenoxy) is 2. The second kappa shape index (κ2) is 5.87. The molecule has 1 saturated heterocycles. The standard InChI is InChI=1S/C13H16N2O5/c1-9-3-4-10(15(17)18)7-11(9)14-5-6-20-12(8-14)13(16)19-2/h3-4,7,12H,5-6,8H2,1-2H3. The molecule has 20 heavy (non-hydrogen) atoms. The monoisotopic (exact) mass is 280 g/mol. The molecule has 2 rings (SSSR count). The fourth-order valence-corrected chi connectivity index (χ4v) is 2.19. The summed E-state index contributed by atoms with van der Waals surface area (Å²) in [5, 5.41) is 10.9. The van der Waals surface area contributed by atoms with Crippen molar-refractivity contribution in [1.29, 1.82) is 0 Å². The molecule has 0 spiro atoms. The molecule has 1 aliphatic heterocycles. The lowest BCUT2D eigenvalue weighted by Gasteiger charge is -2.33. The van der Waals surface area contributed by atoms with Crippen molar-refractivity contribution in [1.82, 2.24) is 0 Å². The number of rotatable bonds is 3. The van der Waals surface area contributed by atoms with E-state index in [0.29, 0.717) is 19.7 Å². The van der Waals surface area contributed by atoms with Crippen LogP contribution in [0.2, 0.25) is 0 Å². The number of benzene rings is 1. The molecule has 7 heteroatoms.